The van der Waals surface area contributed by atoms with E-state index in [4.69, 9.17) is 10.3 Å². The lowest BCUT2D eigenvalue weighted by molar-refractivity contribution is 0.127. The van der Waals surface area contributed by atoms with Crippen LogP contribution in [-0.4, -0.2) is 28.0 Å². The van der Waals surface area contributed by atoms with Gasteiger partial charge in [0.05, 0.1) is 0 Å². The molecule has 6 heteroatoms. The number of benzene rings is 1. The molecule has 0 aliphatic carbocycles. The summed E-state index contributed by atoms with van der Waals surface area (Å²) in [6.45, 7) is 0.376. The number of hydrogen-bond donors (Lipinski definition) is 2. The van der Waals surface area contributed by atoms with Crippen molar-refractivity contribution < 1.29 is 9.63 Å². The van der Waals surface area contributed by atoms with E-state index in [1.54, 1.807) is 11.8 Å². The molecule has 1 aromatic heterocycles. The molecule has 5 nitrogen and oxygen atoms in total. The quantitative estimate of drug-likeness (QED) is 0.802. The average molecular weight is 265 g/mol. The maximum atomic E-state index is 9.68. The van der Waals surface area contributed by atoms with Crippen molar-refractivity contribution in [2.75, 3.05) is 12.8 Å². The normalized spacial score (nSPS) is 12.6. The first-order chi connectivity index (χ1) is 8.74. The van der Waals surface area contributed by atoms with Gasteiger partial charge in [0.2, 0.25) is 5.82 Å². The molecule has 0 amide bonds. The summed E-state index contributed by atoms with van der Waals surface area (Å²) in [5.74, 6) is 0.693. The van der Waals surface area contributed by atoms with Crippen molar-refractivity contribution in [2.24, 2.45) is 5.73 Å². The Morgan fingerprint density at radius 1 is 1.39 bits per heavy atom. The highest BCUT2D eigenvalue weighted by Crippen LogP contribution is 2.22. The average Bonchev–Trinajstić information content (AvgIpc) is 2.89. The lowest BCUT2D eigenvalue weighted by atomic mass is 10.2. The van der Waals surface area contributed by atoms with E-state index < -0.39 is 6.10 Å². The summed E-state index contributed by atoms with van der Waals surface area (Å²) in [7, 11) is 0. The van der Waals surface area contributed by atoms with Crippen LogP contribution in [-0.2, 0) is 0 Å². The number of rotatable bonds is 5. The van der Waals surface area contributed by atoms with Crippen molar-refractivity contribution in [2.45, 2.75) is 17.4 Å². The van der Waals surface area contributed by atoms with Crippen molar-refractivity contribution in [1.82, 2.24) is 10.1 Å². The summed E-state index contributed by atoms with van der Waals surface area (Å²) in [5, 5.41) is 13.5. The zero-order valence-corrected chi connectivity index (χ0v) is 10.9. The minimum atomic E-state index is -0.790. The summed E-state index contributed by atoms with van der Waals surface area (Å²) in [5.41, 5.74) is 6.23. The van der Waals surface area contributed by atoms with E-state index in [1.807, 2.05) is 30.5 Å². The van der Waals surface area contributed by atoms with Gasteiger partial charge >= 0.3 is 0 Å². The first-order valence-corrected chi connectivity index (χ1v) is 6.83. The van der Waals surface area contributed by atoms with E-state index in [-0.39, 0.29) is 5.89 Å². The van der Waals surface area contributed by atoms with Gasteiger partial charge in [0, 0.05) is 10.5 Å². The van der Waals surface area contributed by atoms with Crippen LogP contribution in [0.5, 0.6) is 0 Å². The molecule has 0 fully saturated rings. The van der Waals surface area contributed by atoms with E-state index in [2.05, 4.69) is 10.1 Å². The van der Waals surface area contributed by atoms with Crippen molar-refractivity contribution in [3.63, 3.8) is 0 Å². The van der Waals surface area contributed by atoms with Gasteiger partial charge in [0.15, 0.2) is 0 Å². The highest BCUT2D eigenvalue weighted by atomic mass is 32.2. The molecule has 3 N–H and O–H groups in total. The minimum absolute atomic E-state index is 0.212. The third-order valence-corrected chi connectivity index (χ3v) is 3.26. The smallest absolute Gasteiger partial charge is 0.255 e. The molecule has 2 rings (SSSR count). The molecule has 0 radical (unpaired) electrons. The third kappa shape index (κ3) is 2.90. The summed E-state index contributed by atoms with van der Waals surface area (Å²) >= 11 is 1.67. The van der Waals surface area contributed by atoms with E-state index in [0.717, 1.165) is 5.56 Å². The van der Waals surface area contributed by atoms with Crippen LogP contribution in [0.2, 0.25) is 0 Å². The van der Waals surface area contributed by atoms with Crippen LogP contribution in [0.15, 0.2) is 33.7 Å². The molecule has 0 saturated carbocycles. The molecule has 0 spiro atoms. The number of thioether (sulfide) groups is 1. The van der Waals surface area contributed by atoms with Crippen molar-refractivity contribution >= 4 is 11.8 Å². The van der Waals surface area contributed by atoms with E-state index in [1.165, 1.54) is 4.90 Å². The van der Waals surface area contributed by atoms with Crippen LogP contribution >= 0.6 is 11.8 Å². The van der Waals surface area contributed by atoms with Crippen molar-refractivity contribution in [1.29, 1.82) is 0 Å². The van der Waals surface area contributed by atoms with Gasteiger partial charge in [-0.25, -0.2) is 0 Å². The van der Waals surface area contributed by atoms with Gasteiger partial charge in [-0.2, -0.15) is 4.98 Å². The maximum Gasteiger partial charge on any atom is 0.255 e. The second-order valence-corrected chi connectivity index (χ2v) is 4.66. The van der Waals surface area contributed by atoms with Gasteiger partial charge in [-0.05, 0) is 43.5 Å². The van der Waals surface area contributed by atoms with Gasteiger partial charge in [-0.15, -0.1) is 11.8 Å². The molecule has 2 aromatic rings. The van der Waals surface area contributed by atoms with Gasteiger partial charge in [-0.3, -0.25) is 0 Å². The number of nitrogens with two attached hydrogens (primary N) is 1. The summed E-state index contributed by atoms with van der Waals surface area (Å²) in [6, 6.07) is 7.84. The van der Waals surface area contributed by atoms with Crippen molar-refractivity contribution in [3.05, 3.63) is 30.2 Å². The summed E-state index contributed by atoms with van der Waals surface area (Å²) in [4.78, 5) is 5.34. The van der Waals surface area contributed by atoms with E-state index >= 15 is 0 Å². The zero-order chi connectivity index (χ0) is 13.0. The fourth-order valence-corrected chi connectivity index (χ4v) is 1.92. The monoisotopic (exact) mass is 265 g/mol. The van der Waals surface area contributed by atoms with Gasteiger partial charge in [0.25, 0.3) is 5.89 Å². The number of nitrogens with zero attached hydrogens (tertiary/aromatic N) is 2. The molecule has 0 bridgehead atoms. The summed E-state index contributed by atoms with van der Waals surface area (Å²) in [6.07, 6.45) is 1.64. The molecule has 96 valence electrons. The Hall–Kier alpha value is -1.37. The van der Waals surface area contributed by atoms with Crippen LogP contribution in [0, 0.1) is 0 Å². The van der Waals surface area contributed by atoms with Crippen LogP contribution in [0.25, 0.3) is 11.4 Å². The molecular weight excluding hydrogens is 250 g/mol. The first kappa shape index (κ1) is 13.1. The number of aliphatic hydroxyl groups excluding tert-OH is 1. The molecule has 0 saturated heterocycles. The summed E-state index contributed by atoms with van der Waals surface area (Å²) < 4.78 is 5.02. The maximum absolute atomic E-state index is 9.68. The predicted octanol–water partition coefficient (Wildman–Crippen LogP) is 1.84. The topological polar surface area (TPSA) is 85.2 Å². The SMILES string of the molecule is CSc1ccc(-c2noc(C(O)CCN)n2)cc1. The van der Waals surface area contributed by atoms with Gasteiger partial charge in [-0.1, -0.05) is 5.16 Å². The number of aliphatic hydroxyl groups is 1. The lowest BCUT2D eigenvalue weighted by Crippen LogP contribution is -2.06. The van der Waals surface area contributed by atoms with E-state index in [0.29, 0.717) is 18.8 Å². The second-order valence-electron chi connectivity index (χ2n) is 3.78. The Balaban J connectivity index is 2.18. The Labute approximate surface area is 109 Å². The molecule has 18 heavy (non-hydrogen) atoms. The standard InChI is InChI=1S/C12H15N3O2S/c1-18-9-4-2-8(3-5-9)11-14-12(17-15-11)10(16)6-7-13/h2-5,10,16H,6-7,13H2,1H3. The second kappa shape index (κ2) is 5.99. The molecule has 1 unspecified atom stereocenters. The largest absolute Gasteiger partial charge is 0.383 e. The Morgan fingerprint density at radius 2 is 2.11 bits per heavy atom. The minimum Gasteiger partial charge on any atom is -0.383 e. The Bertz CT molecular complexity index is 498. The zero-order valence-electron chi connectivity index (χ0n) is 10.0. The Morgan fingerprint density at radius 3 is 2.72 bits per heavy atom. The highest BCUT2D eigenvalue weighted by Gasteiger charge is 2.15. The fourth-order valence-electron chi connectivity index (χ4n) is 1.51. The van der Waals surface area contributed by atoms with Crippen LogP contribution in [0.1, 0.15) is 18.4 Å². The fraction of sp³-hybridized carbons (Fsp3) is 0.333. The highest BCUT2D eigenvalue weighted by molar-refractivity contribution is 7.98. The first-order valence-electron chi connectivity index (χ1n) is 5.60. The van der Waals surface area contributed by atoms with Crippen LogP contribution < -0.4 is 5.73 Å². The van der Waals surface area contributed by atoms with Gasteiger partial charge in [0.1, 0.15) is 6.10 Å². The molecule has 1 heterocycles. The van der Waals surface area contributed by atoms with Crippen molar-refractivity contribution in [3.8, 4) is 11.4 Å². The molecule has 0 aliphatic rings. The lowest BCUT2D eigenvalue weighted by Gasteiger charge is -2.01. The molecule has 1 atom stereocenters. The van der Waals surface area contributed by atoms with E-state index in [9.17, 15) is 5.11 Å². The molecule has 0 aliphatic heterocycles. The number of aromatic nitrogens is 2. The number of hydrogen-bond acceptors (Lipinski definition) is 6. The third-order valence-electron chi connectivity index (χ3n) is 2.52. The van der Waals surface area contributed by atoms with Gasteiger partial charge < -0.3 is 15.4 Å². The molecular formula is C12H15N3O2S. The van der Waals surface area contributed by atoms with Crippen LogP contribution in [0.4, 0.5) is 0 Å². The Kier molecular flexibility index (Phi) is 4.35. The van der Waals surface area contributed by atoms with Crippen LogP contribution in [0.3, 0.4) is 0 Å². The predicted molar refractivity (Wildman–Crippen MR) is 70.1 cm³/mol. The molecule has 1 aromatic carbocycles.